The van der Waals surface area contributed by atoms with Crippen molar-refractivity contribution in [1.29, 1.82) is 0 Å². The second-order valence-electron chi connectivity index (χ2n) is 6.19. The Labute approximate surface area is 118 Å². The fourth-order valence-corrected chi connectivity index (χ4v) is 3.91. The van der Waals surface area contributed by atoms with Gasteiger partial charge in [0.1, 0.15) is 0 Å². The molecule has 0 spiro atoms. The van der Waals surface area contributed by atoms with E-state index in [0.717, 1.165) is 44.6 Å². The molecule has 2 saturated carbocycles. The zero-order valence-corrected chi connectivity index (χ0v) is 11.5. The topological polar surface area (TPSA) is 32.3 Å². The van der Waals surface area contributed by atoms with Crippen LogP contribution in [0.5, 0.6) is 0 Å². The third-order valence-corrected chi connectivity index (χ3v) is 5.00. The summed E-state index contributed by atoms with van der Waals surface area (Å²) in [5.74, 6) is -1.35. The highest BCUT2D eigenvalue weighted by atomic mass is 19.2. The van der Waals surface area contributed by atoms with Crippen LogP contribution in [-0.2, 0) is 0 Å². The summed E-state index contributed by atoms with van der Waals surface area (Å²) < 4.78 is 26.3. The van der Waals surface area contributed by atoms with Gasteiger partial charge in [0.05, 0.1) is 11.6 Å². The van der Waals surface area contributed by atoms with E-state index in [1.165, 1.54) is 18.6 Å². The van der Waals surface area contributed by atoms with Crippen molar-refractivity contribution in [1.82, 2.24) is 0 Å². The maximum Gasteiger partial charge on any atom is 0.160 e. The van der Waals surface area contributed by atoms with Crippen molar-refractivity contribution in [3.05, 3.63) is 29.8 Å². The summed E-state index contributed by atoms with van der Waals surface area (Å²) in [7, 11) is 0. The predicted molar refractivity (Wildman–Crippen MR) is 74.5 cm³/mol. The van der Waals surface area contributed by atoms with E-state index in [0.29, 0.717) is 11.6 Å². The Morgan fingerprint density at radius 3 is 2.65 bits per heavy atom. The van der Waals surface area contributed by atoms with Crippen LogP contribution in [0.15, 0.2) is 18.2 Å². The van der Waals surface area contributed by atoms with Gasteiger partial charge < -0.3 is 10.4 Å². The van der Waals surface area contributed by atoms with E-state index in [1.54, 1.807) is 0 Å². The Morgan fingerprint density at radius 1 is 1.05 bits per heavy atom. The molecule has 1 aromatic rings. The molecule has 2 nitrogen and oxygen atoms in total. The molecule has 3 rings (SSSR count). The number of aliphatic hydroxyl groups is 1. The van der Waals surface area contributed by atoms with Gasteiger partial charge in [0, 0.05) is 11.8 Å². The van der Waals surface area contributed by atoms with Crippen LogP contribution in [0.2, 0.25) is 0 Å². The molecule has 0 bridgehead atoms. The molecule has 0 amide bonds. The number of benzene rings is 1. The molecule has 4 heteroatoms. The van der Waals surface area contributed by atoms with Crippen molar-refractivity contribution >= 4 is 5.69 Å². The van der Waals surface area contributed by atoms with Crippen molar-refractivity contribution < 1.29 is 13.9 Å². The Hall–Kier alpha value is -1.16. The number of fused-ring (bicyclic) bond motifs is 1. The molecule has 0 aromatic heterocycles. The molecule has 0 unspecified atom stereocenters. The number of nitrogens with one attached hydrogen (secondary N) is 1. The van der Waals surface area contributed by atoms with Crippen LogP contribution in [0, 0.1) is 17.6 Å². The molecular formula is C16H21F2NO. The summed E-state index contributed by atoms with van der Waals surface area (Å²) >= 11 is 0. The summed E-state index contributed by atoms with van der Waals surface area (Å²) in [6.45, 7) is 0. The molecule has 0 heterocycles. The zero-order chi connectivity index (χ0) is 14.2. The molecular weight excluding hydrogens is 260 g/mol. The molecule has 2 aliphatic rings. The average Bonchev–Trinajstić information content (AvgIpc) is 2.43. The smallest absolute Gasteiger partial charge is 0.160 e. The van der Waals surface area contributed by atoms with Crippen molar-refractivity contribution in [2.75, 3.05) is 5.32 Å². The molecule has 0 saturated heterocycles. The van der Waals surface area contributed by atoms with Crippen molar-refractivity contribution in [2.24, 2.45) is 5.92 Å². The van der Waals surface area contributed by atoms with Gasteiger partial charge in [-0.05, 0) is 43.7 Å². The van der Waals surface area contributed by atoms with E-state index < -0.39 is 17.2 Å². The number of anilines is 1. The van der Waals surface area contributed by atoms with Gasteiger partial charge >= 0.3 is 0 Å². The minimum Gasteiger partial charge on any atom is -0.387 e. The second-order valence-corrected chi connectivity index (χ2v) is 6.19. The maximum atomic E-state index is 13.3. The van der Waals surface area contributed by atoms with Gasteiger partial charge in [-0.25, -0.2) is 8.78 Å². The van der Waals surface area contributed by atoms with E-state index in [1.807, 2.05) is 0 Å². The lowest BCUT2D eigenvalue weighted by Gasteiger charge is -2.49. The highest BCUT2D eigenvalue weighted by Gasteiger charge is 2.47. The fourth-order valence-electron chi connectivity index (χ4n) is 3.91. The standard InChI is InChI=1S/C16H21F2NO/c17-13-8-7-12(10-14(13)18)19-15-6-3-5-11-4-1-2-9-16(11,15)20/h7-8,10-11,15,19-20H,1-6,9H2/t11-,15+,16-/m1/s1. The molecule has 1 aromatic carbocycles. The van der Waals surface area contributed by atoms with Crippen LogP contribution in [0.3, 0.4) is 0 Å². The minimum atomic E-state index is -0.849. The normalized spacial score (nSPS) is 33.5. The molecule has 110 valence electrons. The minimum absolute atomic E-state index is 0.0635. The first-order chi connectivity index (χ1) is 9.59. The van der Waals surface area contributed by atoms with E-state index in [4.69, 9.17) is 0 Å². The van der Waals surface area contributed by atoms with Crippen molar-refractivity contribution in [3.8, 4) is 0 Å². The number of hydrogen-bond donors (Lipinski definition) is 2. The van der Waals surface area contributed by atoms with E-state index >= 15 is 0 Å². The first-order valence-electron chi connectivity index (χ1n) is 7.53. The SMILES string of the molecule is O[C@]12CCCC[C@@H]1CCC[C@@H]2Nc1ccc(F)c(F)c1. The quantitative estimate of drug-likeness (QED) is 0.863. The molecule has 3 atom stereocenters. The van der Waals surface area contributed by atoms with Crippen molar-refractivity contribution in [2.45, 2.75) is 56.6 Å². The van der Waals surface area contributed by atoms with Crippen LogP contribution in [-0.4, -0.2) is 16.7 Å². The van der Waals surface area contributed by atoms with Crippen LogP contribution in [0.25, 0.3) is 0 Å². The predicted octanol–water partition coefficient (Wildman–Crippen LogP) is 3.85. The number of rotatable bonds is 2. The molecule has 2 fully saturated rings. The lowest BCUT2D eigenvalue weighted by atomic mass is 9.65. The van der Waals surface area contributed by atoms with Crippen molar-refractivity contribution in [3.63, 3.8) is 0 Å². The Bertz CT molecular complexity index is 491. The lowest BCUT2D eigenvalue weighted by molar-refractivity contribution is -0.0835. The van der Waals surface area contributed by atoms with Gasteiger partial charge in [0.2, 0.25) is 0 Å². The third-order valence-electron chi connectivity index (χ3n) is 5.00. The number of halogens is 2. The lowest BCUT2D eigenvalue weighted by Crippen LogP contribution is -2.56. The van der Waals surface area contributed by atoms with Gasteiger partial charge in [-0.1, -0.05) is 19.3 Å². The van der Waals surface area contributed by atoms with E-state index in [9.17, 15) is 13.9 Å². The van der Waals surface area contributed by atoms with E-state index in [-0.39, 0.29) is 6.04 Å². The molecule has 0 aliphatic heterocycles. The summed E-state index contributed by atoms with van der Waals surface area (Å²) in [6.07, 6.45) is 7.14. The Kier molecular flexibility index (Phi) is 3.67. The maximum absolute atomic E-state index is 13.3. The fraction of sp³-hybridized carbons (Fsp3) is 0.625. The molecule has 2 N–H and O–H groups in total. The highest BCUT2D eigenvalue weighted by molar-refractivity contribution is 5.45. The Balaban J connectivity index is 1.79. The molecule has 20 heavy (non-hydrogen) atoms. The average molecular weight is 281 g/mol. The molecule has 0 radical (unpaired) electrons. The summed E-state index contributed by atoms with van der Waals surface area (Å²) in [4.78, 5) is 0. The number of hydrogen-bond acceptors (Lipinski definition) is 2. The van der Waals surface area contributed by atoms with Gasteiger partial charge in [0.25, 0.3) is 0 Å². The Morgan fingerprint density at radius 2 is 1.85 bits per heavy atom. The summed E-state index contributed by atoms with van der Waals surface area (Å²) in [5, 5.41) is 14.2. The van der Waals surface area contributed by atoms with Crippen LogP contribution >= 0.6 is 0 Å². The zero-order valence-electron chi connectivity index (χ0n) is 11.5. The first kappa shape index (κ1) is 13.8. The highest BCUT2D eigenvalue weighted by Crippen LogP contribution is 2.44. The monoisotopic (exact) mass is 281 g/mol. The van der Waals surface area contributed by atoms with E-state index in [2.05, 4.69) is 5.32 Å². The van der Waals surface area contributed by atoms with Crippen LogP contribution < -0.4 is 5.32 Å². The van der Waals surface area contributed by atoms with Gasteiger partial charge in [-0.15, -0.1) is 0 Å². The van der Waals surface area contributed by atoms with Crippen LogP contribution in [0.1, 0.15) is 44.9 Å². The summed E-state index contributed by atoms with van der Waals surface area (Å²) in [6, 6.07) is 3.77. The summed E-state index contributed by atoms with van der Waals surface area (Å²) in [5.41, 5.74) is -0.144. The van der Waals surface area contributed by atoms with Crippen LogP contribution in [0.4, 0.5) is 14.5 Å². The van der Waals surface area contributed by atoms with Gasteiger partial charge in [-0.2, -0.15) is 0 Å². The van der Waals surface area contributed by atoms with Gasteiger partial charge in [0.15, 0.2) is 11.6 Å². The third kappa shape index (κ3) is 2.41. The second kappa shape index (κ2) is 5.32. The van der Waals surface area contributed by atoms with Gasteiger partial charge in [-0.3, -0.25) is 0 Å². The molecule has 2 aliphatic carbocycles. The largest absolute Gasteiger partial charge is 0.387 e. The first-order valence-corrected chi connectivity index (χ1v) is 7.53.